The predicted octanol–water partition coefficient (Wildman–Crippen LogP) is 2.67. The third kappa shape index (κ3) is 2.13. The topological polar surface area (TPSA) is 20.2 Å². The van der Waals surface area contributed by atoms with Crippen molar-refractivity contribution in [2.24, 2.45) is 0 Å². The van der Waals surface area contributed by atoms with Crippen molar-refractivity contribution in [1.29, 1.82) is 0 Å². The molecule has 1 nitrogen and oxygen atoms in total. The summed E-state index contributed by atoms with van der Waals surface area (Å²) in [6, 6.07) is 6.62. The summed E-state index contributed by atoms with van der Waals surface area (Å²) in [6.45, 7) is 0. The second kappa shape index (κ2) is 3.70. The highest BCUT2D eigenvalue weighted by molar-refractivity contribution is 5.16. The maximum atomic E-state index is 12.8. The quantitative estimate of drug-likeness (QED) is 0.784. The molecule has 2 heteroatoms. The molecule has 0 radical (unpaired) electrons. The Balaban J connectivity index is 1.91. The predicted molar refractivity (Wildman–Crippen MR) is 53.5 cm³/mol. The number of aliphatic hydroxyl groups is 1. The molecule has 1 aromatic rings. The summed E-state index contributed by atoms with van der Waals surface area (Å²) in [5, 5.41) is 9.85. The van der Waals surface area contributed by atoms with Crippen LogP contribution in [0.4, 0.5) is 4.39 Å². The van der Waals surface area contributed by atoms with Gasteiger partial charge < -0.3 is 5.11 Å². The maximum Gasteiger partial charge on any atom is 0.123 e. The molecule has 0 bridgehead atoms. The van der Waals surface area contributed by atoms with Crippen LogP contribution in [-0.4, -0.2) is 10.7 Å². The molecule has 0 unspecified atom stereocenters. The van der Waals surface area contributed by atoms with Crippen LogP contribution in [0.15, 0.2) is 24.3 Å². The monoisotopic (exact) mass is 194 g/mol. The molecule has 2 rings (SSSR count). The molecule has 76 valence electrons. The van der Waals surface area contributed by atoms with Crippen LogP contribution in [0.5, 0.6) is 0 Å². The van der Waals surface area contributed by atoms with Gasteiger partial charge in [0, 0.05) is 0 Å². The minimum Gasteiger partial charge on any atom is -0.390 e. The Morgan fingerprint density at radius 3 is 2.71 bits per heavy atom. The normalized spacial score (nSPS) is 19.0. The highest BCUT2D eigenvalue weighted by atomic mass is 19.1. The van der Waals surface area contributed by atoms with Gasteiger partial charge in [0.15, 0.2) is 0 Å². The summed E-state index contributed by atoms with van der Waals surface area (Å²) in [6.07, 6.45) is 4.47. The van der Waals surface area contributed by atoms with Crippen molar-refractivity contribution in [1.82, 2.24) is 0 Å². The number of rotatable bonds is 3. The first-order chi connectivity index (χ1) is 6.68. The number of hydrogen-bond acceptors (Lipinski definition) is 1. The minimum atomic E-state index is -0.452. The summed E-state index contributed by atoms with van der Waals surface area (Å²) < 4.78 is 12.8. The van der Waals surface area contributed by atoms with Crippen molar-refractivity contribution < 1.29 is 9.50 Å². The van der Waals surface area contributed by atoms with Gasteiger partial charge in [-0.05, 0) is 49.8 Å². The van der Waals surface area contributed by atoms with Crippen LogP contribution in [0.3, 0.4) is 0 Å². The van der Waals surface area contributed by atoms with Gasteiger partial charge in [0.1, 0.15) is 5.82 Å². The first-order valence-electron chi connectivity index (χ1n) is 5.15. The fraction of sp³-hybridized carbons (Fsp3) is 0.500. The lowest BCUT2D eigenvalue weighted by Crippen LogP contribution is -2.37. The van der Waals surface area contributed by atoms with E-state index in [0.717, 1.165) is 37.7 Å². The highest BCUT2D eigenvalue weighted by Gasteiger charge is 2.33. The van der Waals surface area contributed by atoms with E-state index in [0.29, 0.717) is 0 Å². The van der Waals surface area contributed by atoms with Crippen molar-refractivity contribution in [2.75, 3.05) is 0 Å². The molecule has 1 aromatic carbocycles. The van der Waals surface area contributed by atoms with Crippen LogP contribution in [0, 0.1) is 5.82 Å². The largest absolute Gasteiger partial charge is 0.390 e. The molecule has 14 heavy (non-hydrogen) atoms. The third-order valence-electron chi connectivity index (χ3n) is 3.05. The number of hydrogen-bond donors (Lipinski definition) is 1. The average Bonchev–Trinajstić information content (AvgIpc) is 2.12. The smallest absolute Gasteiger partial charge is 0.123 e. The van der Waals surface area contributed by atoms with Gasteiger partial charge in [-0.3, -0.25) is 0 Å². The number of aryl methyl sites for hydroxylation is 1. The molecule has 0 heterocycles. The second-order valence-electron chi connectivity index (χ2n) is 4.21. The Morgan fingerprint density at radius 1 is 1.36 bits per heavy atom. The van der Waals surface area contributed by atoms with Crippen LogP contribution in [0.25, 0.3) is 0 Å². The number of benzene rings is 1. The molecular weight excluding hydrogens is 179 g/mol. The molecule has 0 amide bonds. The molecule has 1 N–H and O–H groups in total. The Kier molecular flexibility index (Phi) is 2.55. The first-order valence-corrected chi connectivity index (χ1v) is 5.15. The summed E-state index contributed by atoms with van der Waals surface area (Å²) >= 11 is 0. The Bertz CT molecular complexity index is 318. The van der Waals surface area contributed by atoms with Crippen LogP contribution in [0.1, 0.15) is 31.2 Å². The van der Waals surface area contributed by atoms with Crippen LogP contribution < -0.4 is 0 Å². The van der Waals surface area contributed by atoms with Crippen molar-refractivity contribution in [3.63, 3.8) is 0 Å². The molecule has 0 aromatic heterocycles. The van der Waals surface area contributed by atoms with E-state index in [-0.39, 0.29) is 5.82 Å². The van der Waals surface area contributed by atoms with Gasteiger partial charge in [-0.1, -0.05) is 12.1 Å². The summed E-state index contributed by atoms with van der Waals surface area (Å²) in [5.41, 5.74) is 0.525. The van der Waals surface area contributed by atoms with E-state index in [1.165, 1.54) is 6.07 Å². The summed E-state index contributed by atoms with van der Waals surface area (Å²) in [4.78, 5) is 0. The molecular formula is C12H15FO. The van der Waals surface area contributed by atoms with Crippen molar-refractivity contribution in [3.05, 3.63) is 35.6 Å². The molecule has 1 aliphatic carbocycles. The molecule has 1 fully saturated rings. The average molecular weight is 194 g/mol. The van der Waals surface area contributed by atoms with Gasteiger partial charge in [0.25, 0.3) is 0 Å². The van der Waals surface area contributed by atoms with Gasteiger partial charge in [-0.2, -0.15) is 0 Å². The molecule has 0 spiro atoms. The minimum absolute atomic E-state index is 0.192. The zero-order chi connectivity index (χ0) is 10.0. The molecule has 1 aliphatic rings. The van der Waals surface area contributed by atoms with E-state index in [9.17, 15) is 9.50 Å². The second-order valence-corrected chi connectivity index (χ2v) is 4.21. The summed E-state index contributed by atoms with van der Waals surface area (Å²) in [7, 11) is 0. The lowest BCUT2D eigenvalue weighted by Gasteiger charge is -2.36. The highest BCUT2D eigenvalue weighted by Crippen LogP contribution is 2.35. The van der Waals surface area contributed by atoms with Gasteiger partial charge >= 0.3 is 0 Å². The van der Waals surface area contributed by atoms with Crippen molar-refractivity contribution >= 4 is 0 Å². The van der Waals surface area contributed by atoms with Crippen molar-refractivity contribution in [3.8, 4) is 0 Å². The lowest BCUT2D eigenvalue weighted by atomic mass is 9.76. The van der Waals surface area contributed by atoms with Gasteiger partial charge in [0.2, 0.25) is 0 Å². The first kappa shape index (κ1) is 9.66. The van der Waals surface area contributed by atoms with Gasteiger partial charge in [0.05, 0.1) is 5.60 Å². The van der Waals surface area contributed by atoms with Gasteiger partial charge in [-0.15, -0.1) is 0 Å². The molecule has 0 atom stereocenters. The molecule has 1 saturated carbocycles. The number of halogens is 1. The van der Waals surface area contributed by atoms with E-state index in [1.807, 2.05) is 6.07 Å². The third-order valence-corrected chi connectivity index (χ3v) is 3.05. The zero-order valence-corrected chi connectivity index (χ0v) is 8.17. The SMILES string of the molecule is OC1(CCc2cccc(F)c2)CCC1. The van der Waals surface area contributed by atoms with E-state index >= 15 is 0 Å². The lowest BCUT2D eigenvalue weighted by molar-refractivity contribution is -0.0397. The van der Waals surface area contributed by atoms with Crippen LogP contribution in [-0.2, 0) is 6.42 Å². The fourth-order valence-electron chi connectivity index (χ4n) is 1.90. The van der Waals surface area contributed by atoms with Crippen LogP contribution >= 0.6 is 0 Å². The fourth-order valence-corrected chi connectivity index (χ4v) is 1.90. The van der Waals surface area contributed by atoms with Crippen LogP contribution in [0.2, 0.25) is 0 Å². The van der Waals surface area contributed by atoms with E-state index in [1.54, 1.807) is 12.1 Å². The molecule has 0 aliphatic heterocycles. The zero-order valence-electron chi connectivity index (χ0n) is 8.17. The maximum absolute atomic E-state index is 12.8. The molecule has 0 saturated heterocycles. The van der Waals surface area contributed by atoms with E-state index in [4.69, 9.17) is 0 Å². The van der Waals surface area contributed by atoms with Crippen molar-refractivity contribution in [2.45, 2.75) is 37.7 Å². The van der Waals surface area contributed by atoms with E-state index < -0.39 is 5.60 Å². The standard InChI is InChI=1S/C12H15FO/c13-11-4-1-3-10(9-11)5-8-12(14)6-2-7-12/h1,3-4,9,14H,2,5-8H2. The Morgan fingerprint density at radius 2 is 2.14 bits per heavy atom. The Labute approximate surface area is 83.6 Å². The summed E-state index contributed by atoms with van der Waals surface area (Å²) in [5.74, 6) is -0.192. The van der Waals surface area contributed by atoms with Gasteiger partial charge in [-0.25, -0.2) is 4.39 Å². The van der Waals surface area contributed by atoms with E-state index in [2.05, 4.69) is 0 Å². The Hall–Kier alpha value is -0.890.